The van der Waals surface area contributed by atoms with Crippen LogP contribution in [0, 0.1) is 0 Å². The Kier molecular flexibility index (Phi) is 32.1. The molecule has 0 heterocycles. The van der Waals surface area contributed by atoms with Gasteiger partial charge in [0.1, 0.15) is 6.61 Å². The van der Waals surface area contributed by atoms with E-state index < -0.39 is 32.5 Å². The van der Waals surface area contributed by atoms with E-state index in [9.17, 15) is 14.2 Å². The second kappa shape index (κ2) is 34.1. The summed E-state index contributed by atoms with van der Waals surface area (Å²) in [4.78, 5) is 42.6. The summed E-state index contributed by atoms with van der Waals surface area (Å²) < 4.78 is 26.2. The highest BCUT2D eigenvalue weighted by Crippen LogP contribution is 2.35. The van der Waals surface area contributed by atoms with Crippen LogP contribution in [0.1, 0.15) is 129 Å². The summed E-state index contributed by atoms with van der Waals surface area (Å²) >= 11 is 0. The van der Waals surface area contributed by atoms with Crippen LogP contribution < -0.4 is 0 Å². The van der Waals surface area contributed by atoms with E-state index in [-0.39, 0.29) is 19.4 Å². The first-order valence-corrected chi connectivity index (χ1v) is 19.4. The van der Waals surface area contributed by atoms with Crippen molar-refractivity contribution >= 4 is 19.8 Å². The quantitative estimate of drug-likeness (QED) is 0.0319. The maximum atomic E-state index is 12.3. The molecule has 0 unspecified atom stereocenters. The summed E-state index contributed by atoms with van der Waals surface area (Å²) in [6.45, 7) is 3.44. The van der Waals surface area contributed by atoms with E-state index in [0.717, 1.165) is 70.6 Å². The molecule has 0 fully saturated rings. The first kappa shape index (κ1) is 45.2. The van der Waals surface area contributed by atoms with Gasteiger partial charge in [0.15, 0.2) is 6.10 Å². The molecule has 0 aliphatic carbocycles. The van der Waals surface area contributed by atoms with Gasteiger partial charge in [0.2, 0.25) is 0 Å². The van der Waals surface area contributed by atoms with Gasteiger partial charge < -0.3 is 19.3 Å². The molecule has 0 radical (unpaired) electrons. The molecule has 0 aromatic heterocycles. The topological polar surface area (TPSA) is 119 Å². The summed E-state index contributed by atoms with van der Waals surface area (Å²) in [6.07, 6.45) is 44.5. The van der Waals surface area contributed by atoms with Crippen molar-refractivity contribution < 1.29 is 37.9 Å². The van der Waals surface area contributed by atoms with Crippen molar-refractivity contribution in [1.29, 1.82) is 0 Å². The van der Waals surface area contributed by atoms with Gasteiger partial charge in [-0.3, -0.25) is 14.1 Å². The van der Waals surface area contributed by atoms with Crippen molar-refractivity contribution in [1.82, 2.24) is 0 Å². The van der Waals surface area contributed by atoms with Gasteiger partial charge in [-0.1, -0.05) is 112 Å². The average molecular weight is 691 g/mol. The third kappa shape index (κ3) is 36.1. The van der Waals surface area contributed by atoms with Crippen LogP contribution in [0.25, 0.3) is 0 Å². The Morgan fingerprint density at radius 3 is 1.42 bits per heavy atom. The van der Waals surface area contributed by atoms with Crippen LogP contribution in [0.3, 0.4) is 0 Å². The van der Waals surface area contributed by atoms with Gasteiger partial charge in [-0.15, -0.1) is 0 Å². The maximum absolute atomic E-state index is 12.3. The number of rotatable bonds is 31. The molecule has 0 aliphatic heterocycles. The molecule has 0 aromatic rings. The van der Waals surface area contributed by atoms with Crippen LogP contribution in [0.15, 0.2) is 85.1 Å². The summed E-state index contributed by atoms with van der Waals surface area (Å²) in [6, 6.07) is 0. The zero-order chi connectivity index (χ0) is 35.4. The Morgan fingerprint density at radius 1 is 0.562 bits per heavy atom. The van der Waals surface area contributed by atoms with Gasteiger partial charge in [0.05, 0.1) is 6.61 Å². The van der Waals surface area contributed by atoms with Gasteiger partial charge in [0, 0.05) is 12.8 Å². The fourth-order valence-electron chi connectivity index (χ4n) is 4.25. The van der Waals surface area contributed by atoms with Crippen molar-refractivity contribution in [2.75, 3.05) is 13.2 Å². The van der Waals surface area contributed by atoms with E-state index in [2.05, 4.69) is 103 Å². The number of allylic oxidation sites excluding steroid dienone is 14. The van der Waals surface area contributed by atoms with Crippen LogP contribution in [0.4, 0.5) is 0 Å². The van der Waals surface area contributed by atoms with Crippen LogP contribution in [-0.2, 0) is 28.2 Å². The highest BCUT2D eigenvalue weighted by Gasteiger charge is 2.22. The molecule has 0 saturated carbocycles. The van der Waals surface area contributed by atoms with E-state index in [1.165, 1.54) is 19.3 Å². The number of carbonyl (C=O) groups excluding carboxylic acids is 2. The molecule has 0 amide bonds. The van der Waals surface area contributed by atoms with Crippen LogP contribution >= 0.6 is 7.82 Å². The number of carbonyl (C=O) groups is 2. The fraction of sp³-hybridized carbons (Fsp3) is 0.590. The summed E-state index contributed by atoms with van der Waals surface area (Å²) in [5.41, 5.74) is 0. The third-order valence-electron chi connectivity index (χ3n) is 6.90. The Labute approximate surface area is 291 Å². The van der Waals surface area contributed by atoms with Crippen LogP contribution in [0.5, 0.6) is 0 Å². The van der Waals surface area contributed by atoms with Gasteiger partial charge in [-0.05, 0) is 89.9 Å². The molecule has 0 aromatic carbocycles. The second-order valence-electron chi connectivity index (χ2n) is 11.5. The Morgan fingerprint density at radius 2 is 0.979 bits per heavy atom. The number of phosphoric acid groups is 1. The molecular formula is C39H63O8P. The molecule has 8 nitrogen and oxygen atoms in total. The monoisotopic (exact) mass is 690 g/mol. The predicted molar refractivity (Wildman–Crippen MR) is 197 cm³/mol. The Balaban J connectivity index is 4.17. The molecule has 0 bridgehead atoms. The summed E-state index contributed by atoms with van der Waals surface area (Å²) in [5.74, 6) is -0.990. The SMILES string of the molecule is CC/C=C\C/C=C\C/C=C\C/C=C\CCCCC(=O)O[C@H](COC(=O)CCCC/C=C\C/C=C\C/C=C\CCCCC)COP(=O)(O)O. The lowest BCUT2D eigenvalue weighted by atomic mass is 10.1. The number of unbranched alkanes of at least 4 members (excludes halogenated alkanes) is 7. The number of ether oxygens (including phenoxy) is 2. The standard InChI is InChI=1S/C39H63O8P/c1-3-5-7-9-11-13-15-17-19-21-23-25-27-29-31-33-38(40)45-35-37(36-46-48(42,43)44)47-39(41)34-32-30-28-26-24-22-20-18-16-14-12-10-8-6-4-2/h6,8,11-14,17-20,23-26,37H,3-5,7,9-10,15-16,21-22,27-36H2,1-2H3,(H2,42,43,44)/b8-6-,13-11-,14-12-,19-17-,20-18-,25-23-,26-24-/t37-/m1/s1. The first-order valence-electron chi connectivity index (χ1n) is 17.9. The molecule has 0 rings (SSSR count). The molecule has 9 heteroatoms. The third-order valence-corrected chi connectivity index (χ3v) is 7.38. The van der Waals surface area contributed by atoms with Gasteiger partial charge in [-0.25, -0.2) is 4.57 Å². The van der Waals surface area contributed by atoms with Crippen molar-refractivity contribution in [2.24, 2.45) is 0 Å². The number of phosphoric ester groups is 1. The lowest BCUT2D eigenvalue weighted by Gasteiger charge is -2.18. The lowest BCUT2D eigenvalue weighted by molar-refractivity contribution is -0.161. The minimum atomic E-state index is -4.77. The minimum absolute atomic E-state index is 0.146. The normalized spacial score (nSPS) is 13.5. The van der Waals surface area contributed by atoms with Crippen molar-refractivity contribution in [3.63, 3.8) is 0 Å². The Bertz CT molecular complexity index is 1050. The smallest absolute Gasteiger partial charge is 0.462 e. The van der Waals surface area contributed by atoms with Crippen molar-refractivity contribution in [3.05, 3.63) is 85.1 Å². The van der Waals surface area contributed by atoms with E-state index in [0.29, 0.717) is 12.8 Å². The van der Waals surface area contributed by atoms with Crippen LogP contribution in [0.2, 0.25) is 0 Å². The first-order chi connectivity index (χ1) is 23.3. The molecule has 0 aliphatic rings. The highest BCUT2D eigenvalue weighted by atomic mass is 31.2. The van der Waals surface area contributed by atoms with E-state index in [1.54, 1.807) is 0 Å². The second-order valence-corrected chi connectivity index (χ2v) is 12.7. The fourth-order valence-corrected chi connectivity index (χ4v) is 4.61. The maximum Gasteiger partial charge on any atom is 0.469 e. The molecule has 0 saturated heterocycles. The predicted octanol–water partition coefficient (Wildman–Crippen LogP) is 10.5. The number of esters is 2. The average Bonchev–Trinajstić information content (AvgIpc) is 3.05. The van der Waals surface area contributed by atoms with Crippen molar-refractivity contribution in [2.45, 2.75) is 136 Å². The molecular weight excluding hydrogens is 627 g/mol. The molecule has 272 valence electrons. The molecule has 48 heavy (non-hydrogen) atoms. The van der Waals surface area contributed by atoms with Gasteiger partial charge in [0.25, 0.3) is 0 Å². The molecule has 2 N–H and O–H groups in total. The van der Waals surface area contributed by atoms with E-state index in [4.69, 9.17) is 19.3 Å². The van der Waals surface area contributed by atoms with Gasteiger partial charge >= 0.3 is 19.8 Å². The van der Waals surface area contributed by atoms with Crippen molar-refractivity contribution in [3.8, 4) is 0 Å². The number of hydrogen-bond acceptors (Lipinski definition) is 6. The highest BCUT2D eigenvalue weighted by molar-refractivity contribution is 7.46. The minimum Gasteiger partial charge on any atom is -0.462 e. The lowest BCUT2D eigenvalue weighted by Crippen LogP contribution is -2.29. The van der Waals surface area contributed by atoms with Crippen LogP contribution in [-0.4, -0.2) is 41.0 Å². The largest absolute Gasteiger partial charge is 0.469 e. The zero-order valence-corrected chi connectivity index (χ0v) is 30.5. The van der Waals surface area contributed by atoms with Gasteiger partial charge in [-0.2, -0.15) is 0 Å². The number of hydrogen-bond donors (Lipinski definition) is 2. The summed E-state index contributed by atoms with van der Waals surface area (Å²) in [7, 11) is -4.77. The van der Waals surface area contributed by atoms with E-state index in [1.807, 2.05) is 0 Å². The Hall–Kier alpha value is -2.77. The molecule has 1 atom stereocenters. The zero-order valence-electron chi connectivity index (χ0n) is 29.6. The molecule has 0 spiro atoms. The summed E-state index contributed by atoms with van der Waals surface area (Å²) in [5, 5.41) is 0. The van der Waals surface area contributed by atoms with E-state index >= 15 is 0 Å².